The van der Waals surface area contributed by atoms with E-state index in [9.17, 15) is 0 Å². The summed E-state index contributed by atoms with van der Waals surface area (Å²) in [5.41, 5.74) is -0.0977. The molecule has 1 fully saturated rings. The normalized spacial score (nSPS) is 20.1. The Labute approximate surface area is 129 Å². The molecule has 1 aliphatic rings. The third-order valence-corrected chi connectivity index (χ3v) is 4.66. The summed E-state index contributed by atoms with van der Waals surface area (Å²) in [6.07, 6.45) is 11.4. The highest BCUT2D eigenvalue weighted by atomic mass is 16.5. The zero-order valence-electron chi connectivity index (χ0n) is 13.9. The summed E-state index contributed by atoms with van der Waals surface area (Å²) in [5, 5.41) is 3.67. The molecule has 4 nitrogen and oxygen atoms in total. The van der Waals surface area contributed by atoms with Crippen molar-refractivity contribution < 1.29 is 4.74 Å². The largest absolute Gasteiger partial charge is 0.373 e. The second-order valence-corrected chi connectivity index (χ2v) is 5.97. The highest BCUT2D eigenvalue weighted by Gasteiger charge is 2.42. The van der Waals surface area contributed by atoms with E-state index in [4.69, 9.17) is 4.74 Å². The van der Waals surface area contributed by atoms with Crippen LogP contribution in [0.25, 0.3) is 0 Å². The van der Waals surface area contributed by atoms with Crippen molar-refractivity contribution in [3.63, 3.8) is 0 Å². The van der Waals surface area contributed by atoms with Crippen molar-refractivity contribution in [2.24, 2.45) is 0 Å². The summed E-state index contributed by atoms with van der Waals surface area (Å²) in [7, 11) is 0. The number of nitrogens with one attached hydrogen (secondary N) is 1. The molecule has 0 aromatic carbocycles. The van der Waals surface area contributed by atoms with E-state index in [0.717, 1.165) is 38.4 Å². The van der Waals surface area contributed by atoms with E-state index in [1.165, 1.54) is 25.7 Å². The first-order valence-electron chi connectivity index (χ1n) is 8.65. The van der Waals surface area contributed by atoms with Crippen molar-refractivity contribution in [3.8, 4) is 0 Å². The van der Waals surface area contributed by atoms with Gasteiger partial charge in [-0.3, -0.25) is 0 Å². The Morgan fingerprint density at radius 1 is 1.24 bits per heavy atom. The Kier molecular flexibility index (Phi) is 6.24. The first-order chi connectivity index (χ1) is 10.3. The van der Waals surface area contributed by atoms with Crippen molar-refractivity contribution in [1.82, 2.24) is 14.9 Å². The molecular weight excluding hydrogens is 262 g/mol. The summed E-state index contributed by atoms with van der Waals surface area (Å²) < 4.78 is 8.62. The van der Waals surface area contributed by atoms with Gasteiger partial charge >= 0.3 is 0 Å². The number of rotatable bonds is 7. The lowest BCUT2D eigenvalue weighted by Crippen LogP contribution is -2.47. The van der Waals surface area contributed by atoms with Crippen LogP contribution in [0.1, 0.15) is 71.2 Å². The van der Waals surface area contributed by atoms with Crippen molar-refractivity contribution in [2.45, 2.75) is 77.5 Å². The standard InChI is InChI=1S/C17H31N3O/c1-4-18-15(16-19-13-14-20(16)5-2)17(21-6-3)11-9-7-8-10-12-17/h13-15,18H,4-12H2,1-3H3. The van der Waals surface area contributed by atoms with Gasteiger partial charge in [-0.05, 0) is 33.2 Å². The van der Waals surface area contributed by atoms with Crippen LogP contribution >= 0.6 is 0 Å². The van der Waals surface area contributed by atoms with Gasteiger partial charge in [0.15, 0.2) is 0 Å². The number of hydrogen-bond acceptors (Lipinski definition) is 3. The Bertz CT molecular complexity index is 408. The monoisotopic (exact) mass is 293 g/mol. The summed E-state index contributed by atoms with van der Waals surface area (Å²) in [4.78, 5) is 4.66. The molecule has 0 amide bonds. The van der Waals surface area contributed by atoms with Gasteiger partial charge in [0, 0.05) is 25.5 Å². The lowest BCUT2D eigenvalue weighted by Gasteiger charge is -2.40. The van der Waals surface area contributed by atoms with Crippen LogP contribution < -0.4 is 5.32 Å². The summed E-state index contributed by atoms with van der Waals surface area (Å²) in [5.74, 6) is 1.13. The van der Waals surface area contributed by atoms with Crippen molar-refractivity contribution in [1.29, 1.82) is 0 Å². The quantitative estimate of drug-likeness (QED) is 0.779. The van der Waals surface area contributed by atoms with Crippen LogP contribution in [0.5, 0.6) is 0 Å². The molecule has 1 aromatic rings. The van der Waals surface area contributed by atoms with Crippen molar-refractivity contribution in [3.05, 3.63) is 18.2 Å². The van der Waals surface area contributed by atoms with E-state index < -0.39 is 0 Å². The van der Waals surface area contributed by atoms with Gasteiger partial charge in [0.2, 0.25) is 0 Å². The number of aromatic nitrogens is 2. The lowest BCUT2D eigenvalue weighted by molar-refractivity contribution is -0.0804. The minimum Gasteiger partial charge on any atom is -0.373 e. The van der Waals surface area contributed by atoms with Crippen LogP contribution in [-0.2, 0) is 11.3 Å². The maximum Gasteiger partial charge on any atom is 0.128 e. The Hall–Kier alpha value is -0.870. The smallest absolute Gasteiger partial charge is 0.128 e. The molecule has 0 aliphatic heterocycles. The molecule has 4 heteroatoms. The van der Waals surface area contributed by atoms with E-state index in [2.05, 4.69) is 41.8 Å². The minimum atomic E-state index is -0.0977. The van der Waals surface area contributed by atoms with Crippen LogP contribution in [0.15, 0.2) is 12.4 Å². The molecule has 120 valence electrons. The van der Waals surface area contributed by atoms with Gasteiger partial charge in [-0.25, -0.2) is 4.98 Å². The van der Waals surface area contributed by atoms with Gasteiger partial charge in [0.1, 0.15) is 5.82 Å². The predicted molar refractivity (Wildman–Crippen MR) is 86.4 cm³/mol. The topological polar surface area (TPSA) is 39.1 Å². The van der Waals surface area contributed by atoms with Crippen LogP contribution in [0.3, 0.4) is 0 Å². The first kappa shape index (κ1) is 16.5. The number of imidazole rings is 1. The van der Waals surface area contributed by atoms with Gasteiger partial charge in [-0.2, -0.15) is 0 Å². The first-order valence-corrected chi connectivity index (χ1v) is 8.65. The Morgan fingerprint density at radius 3 is 2.52 bits per heavy atom. The third kappa shape index (κ3) is 3.67. The van der Waals surface area contributed by atoms with Gasteiger partial charge < -0.3 is 14.6 Å². The molecule has 0 radical (unpaired) electrons. The van der Waals surface area contributed by atoms with Gasteiger partial charge in [-0.15, -0.1) is 0 Å². The predicted octanol–water partition coefficient (Wildman–Crippen LogP) is 3.68. The molecule has 1 heterocycles. The average molecular weight is 293 g/mol. The van der Waals surface area contributed by atoms with Gasteiger partial charge in [0.25, 0.3) is 0 Å². The number of ether oxygens (including phenoxy) is 1. The molecule has 1 atom stereocenters. The fraction of sp³-hybridized carbons (Fsp3) is 0.824. The van der Waals surface area contributed by atoms with Crippen LogP contribution in [0.2, 0.25) is 0 Å². The number of nitrogens with zero attached hydrogens (tertiary/aromatic N) is 2. The van der Waals surface area contributed by atoms with Crippen LogP contribution in [0, 0.1) is 0 Å². The summed E-state index contributed by atoms with van der Waals surface area (Å²) in [6.45, 7) is 9.13. The van der Waals surface area contributed by atoms with E-state index in [1.807, 2.05) is 6.20 Å². The summed E-state index contributed by atoms with van der Waals surface area (Å²) >= 11 is 0. The molecule has 0 bridgehead atoms. The molecule has 1 aromatic heterocycles. The average Bonchev–Trinajstić information content (AvgIpc) is 2.84. The maximum absolute atomic E-state index is 6.37. The lowest BCUT2D eigenvalue weighted by atomic mass is 9.85. The van der Waals surface area contributed by atoms with Crippen molar-refractivity contribution >= 4 is 0 Å². The molecule has 1 N–H and O–H groups in total. The van der Waals surface area contributed by atoms with Crippen LogP contribution in [-0.4, -0.2) is 28.3 Å². The zero-order chi connectivity index (χ0) is 15.1. The van der Waals surface area contributed by atoms with E-state index in [0.29, 0.717) is 0 Å². The molecule has 1 saturated carbocycles. The van der Waals surface area contributed by atoms with Gasteiger partial charge in [0.05, 0.1) is 11.6 Å². The number of likely N-dealkylation sites (N-methyl/N-ethyl adjacent to an activating group) is 1. The molecule has 1 aliphatic carbocycles. The Balaban J connectivity index is 2.35. The van der Waals surface area contributed by atoms with Gasteiger partial charge in [-0.1, -0.05) is 32.6 Å². The highest BCUT2D eigenvalue weighted by molar-refractivity contribution is 5.09. The fourth-order valence-electron chi connectivity index (χ4n) is 3.70. The van der Waals surface area contributed by atoms with E-state index in [1.54, 1.807) is 0 Å². The summed E-state index contributed by atoms with van der Waals surface area (Å²) in [6, 6.07) is 0.190. The van der Waals surface area contributed by atoms with Crippen molar-refractivity contribution in [2.75, 3.05) is 13.2 Å². The Morgan fingerprint density at radius 2 is 1.95 bits per heavy atom. The molecule has 21 heavy (non-hydrogen) atoms. The molecule has 0 spiro atoms. The van der Waals surface area contributed by atoms with Crippen LogP contribution in [0.4, 0.5) is 0 Å². The zero-order valence-corrected chi connectivity index (χ0v) is 13.9. The minimum absolute atomic E-state index is 0.0977. The van der Waals surface area contributed by atoms with E-state index >= 15 is 0 Å². The fourth-order valence-corrected chi connectivity index (χ4v) is 3.70. The second-order valence-electron chi connectivity index (χ2n) is 5.97. The van der Waals surface area contributed by atoms with E-state index in [-0.39, 0.29) is 11.6 Å². The molecule has 2 rings (SSSR count). The third-order valence-electron chi connectivity index (χ3n) is 4.66. The molecular formula is C17H31N3O. The second kappa shape index (κ2) is 7.95. The number of hydrogen-bond donors (Lipinski definition) is 1. The SMILES string of the molecule is CCNC(c1nccn1CC)C1(OCC)CCCCCC1. The molecule has 1 unspecified atom stereocenters. The number of aryl methyl sites for hydroxylation is 1. The molecule has 0 saturated heterocycles. The maximum atomic E-state index is 6.37. The highest BCUT2D eigenvalue weighted by Crippen LogP contribution is 2.40.